The number of rotatable bonds is 7. The van der Waals surface area contributed by atoms with Crippen molar-refractivity contribution in [1.82, 2.24) is 4.90 Å². The lowest BCUT2D eigenvalue weighted by Crippen LogP contribution is -2.36. The Labute approximate surface area is 190 Å². The van der Waals surface area contributed by atoms with Gasteiger partial charge in [0, 0.05) is 17.8 Å². The van der Waals surface area contributed by atoms with Crippen molar-refractivity contribution in [1.29, 1.82) is 0 Å². The first-order chi connectivity index (χ1) is 15.3. The van der Waals surface area contributed by atoms with Gasteiger partial charge in [-0.05, 0) is 31.0 Å². The molecule has 1 aromatic carbocycles. The number of benzene rings is 1. The molecule has 1 aromatic heterocycles. The number of anilines is 1. The summed E-state index contributed by atoms with van der Waals surface area (Å²) in [5, 5.41) is 2.94. The van der Waals surface area contributed by atoms with Crippen LogP contribution in [-0.2, 0) is 37.1 Å². The van der Waals surface area contributed by atoms with E-state index in [1.54, 1.807) is 25.1 Å². The molecule has 0 unspecified atom stereocenters. The van der Waals surface area contributed by atoms with Crippen LogP contribution in [0, 0.1) is 0 Å². The maximum absolute atomic E-state index is 12.5. The number of amides is 2. The van der Waals surface area contributed by atoms with Crippen LogP contribution in [0.25, 0.3) is 0 Å². The van der Waals surface area contributed by atoms with Crippen LogP contribution in [0.5, 0.6) is 0 Å². The van der Waals surface area contributed by atoms with Gasteiger partial charge in [-0.2, -0.15) is 0 Å². The van der Waals surface area contributed by atoms with Crippen LogP contribution in [0.3, 0.4) is 0 Å². The maximum Gasteiger partial charge on any atom is 0.410 e. The zero-order chi connectivity index (χ0) is 23.3. The number of ether oxygens (including phenoxy) is 2. The SMILES string of the molecule is CCOC(=O)N1CCc2c(sc(NC(=O)CCS(=O)(=O)c3ccccc3)c2C(=O)OC)C1. The van der Waals surface area contributed by atoms with Crippen LogP contribution < -0.4 is 5.32 Å². The number of hydrogen-bond donors (Lipinski definition) is 1. The van der Waals surface area contributed by atoms with E-state index in [0.29, 0.717) is 13.0 Å². The summed E-state index contributed by atoms with van der Waals surface area (Å²) < 4.78 is 34.8. The van der Waals surface area contributed by atoms with E-state index in [2.05, 4.69) is 5.32 Å². The number of carbonyl (C=O) groups excluding carboxylic acids is 3. The molecular weight excluding hydrogens is 456 g/mol. The predicted octanol–water partition coefficient (Wildman–Crippen LogP) is 2.85. The molecule has 0 saturated heterocycles. The molecule has 1 N–H and O–H groups in total. The van der Waals surface area contributed by atoms with Crippen LogP contribution in [0.4, 0.5) is 9.80 Å². The molecule has 2 heterocycles. The zero-order valence-electron chi connectivity index (χ0n) is 17.8. The molecule has 0 atom stereocenters. The number of sulfone groups is 1. The molecule has 0 fully saturated rings. The minimum atomic E-state index is -3.61. The van der Waals surface area contributed by atoms with Crippen LogP contribution in [0.1, 0.15) is 34.1 Å². The van der Waals surface area contributed by atoms with Crippen molar-refractivity contribution < 1.29 is 32.3 Å². The van der Waals surface area contributed by atoms with Crippen molar-refractivity contribution >= 4 is 44.1 Å². The van der Waals surface area contributed by atoms with Crippen LogP contribution in [0.2, 0.25) is 0 Å². The van der Waals surface area contributed by atoms with Crippen LogP contribution in [0.15, 0.2) is 35.2 Å². The lowest BCUT2D eigenvalue weighted by atomic mass is 10.0. The van der Waals surface area contributed by atoms with Gasteiger partial charge in [0.2, 0.25) is 5.91 Å². The van der Waals surface area contributed by atoms with E-state index in [1.165, 1.54) is 35.5 Å². The summed E-state index contributed by atoms with van der Waals surface area (Å²) in [5.41, 5.74) is 0.963. The zero-order valence-corrected chi connectivity index (χ0v) is 19.4. The summed E-state index contributed by atoms with van der Waals surface area (Å²) in [6, 6.07) is 7.90. The Kier molecular flexibility index (Phi) is 7.52. The minimum absolute atomic E-state index is 0.147. The highest BCUT2D eigenvalue weighted by molar-refractivity contribution is 7.91. The Morgan fingerprint density at radius 1 is 1.19 bits per heavy atom. The Morgan fingerprint density at radius 2 is 1.91 bits per heavy atom. The average molecular weight is 481 g/mol. The number of fused-ring (bicyclic) bond motifs is 1. The van der Waals surface area contributed by atoms with Gasteiger partial charge in [-0.1, -0.05) is 18.2 Å². The van der Waals surface area contributed by atoms with Gasteiger partial charge in [0.1, 0.15) is 5.00 Å². The summed E-state index contributed by atoms with van der Waals surface area (Å²) in [4.78, 5) is 39.4. The second kappa shape index (κ2) is 10.1. The van der Waals surface area contributed by atoms with Gasteiger partial charge in [-0.3, -0.25) is 4.79 Å². The maximum atomic E-state index is 12.5. The summed E-state index contributed by atoms with van der Waals surface area (Å²) in [7, 11) is -2.36. The van der Waals surface area contributed by atoms with Gasteiger partial charge in [0.25, 0.3) is 0 Å². The van der Waals surface area contributed by atoms with E-state index in [-0.39, 0.29) is 40.8 Å². The molecule has 0 radical (unpaired) electrons. The number of methoxy groups -OCH3 is 1. The van der Waals surface area contributed by atoms with Crippen molar-refractivity contribution in [2.75, 3.05) is 31.3 Å². The van der Waals surface area contributed by atoms with Crippen molar-refractivity contribution in [3.8, 4) is 0 Å². The highest BCUT2D eigenvalue weighted by Gasteiger charge is 2.31. The largest absolute Gasteiger partial charge is 0.465 e. The molecule has 3 rings (SSSR count). The van der Waals surface area contributed by atoms with Crippen LogP contribution >= 0.6 is 11.3 Å². The highest BCUT2D eigenvalue weighted by atomic mass is 32.2. The molecule has 1 aliphatic heterocycles. The second-order valence-electron chi connectivity index (χ2n) is 7.00. The van der Waals surface area contributed by atoms with Crippen molar-refractivity contribution in [2.24, 2.45) is 0 Å². The third-order valence-electron chi connectivity index (χ3n) is 4.93. The molecule has 0 aliphatic carbocycles. The fourth-order valence-electron chi connectivity index (χ4n) is 3.34. The smallest absolute Gasteiger partial charge is 0.410 e. The monoisotopic (exact) mass is 480 g/mol. The highest BCUT2D eigenvalue weighted by Crippen LogP contribution is 2.38. The van der Waals surface area contributed by atoms with E-state index in [4.69, 9.17) is 9.47 Å². The number of esters is 1. The first-order valence-electron chi connectivity index (χ1n) is 9.99. The van der Waals surface area contributed by atoms with Gasteiger partial charge >= 0.3 is 12.1 Å². The minimum Gasteiger partial charge on any atom is -0.465 e. The van der Waals surface area contributed by atoms with E-state index in [1.807, 2.05) is 0 Å². The fourth-order valence-corrected chi connectivity index (χ4v) is 5.87. The molecule has 1 aliphatic rings. The van der Waals surface area contributed by atoms with E-state index >= 15 is 0 Å². The number of nitrogens with zero attached hydrogens (tertiary/aromatic N) is 1. The third kappa shape index (κ3) is 5.28. The number of nitrogens with one attached hydrogen (secondary N) is 1. The first-order valence-corrected chi connectivity index (χ1v) is 12.5. The Balaban J connectivity index is 1.75. The first kappa shape index (κ1) is 23.7. The average Bonchev–Trinajstić information content (AvgIpc) is 3.15. The molecule has 9 nitrogen and oxygen atoms in total. The van der Waals surface area contributed by atoms with Gasteiger partial charge in [0.05, 0.1) is 36.5 Å². The topological polar surface area (TPSA) is 119 Å². The molecule has 32 heavy (non-hydrogen) atoms. The fraction of sp³-hybridized carbons (Fsp3) is 0.381. The second-order valence-corrected chi connectivity index (χ2v) is 10.2. The number of hydrogen-bond acceptors (Lipinski definition) is 8. The van der Waals surface area contributed by atoms with E-state index in [0.717, 1.165) is 10.4 Å². The van der Waals surface area contributed by atoms with E-state index < -0.39 is 27.8 Å². The van der Waals surface area contributed by atoms with Crippen molar-refractivity contribution in [2.45, 2.75) is 31.2 Å². The summed E-state index contributed by atoms with van der Waals surface area (Å²) in [5.74, 6) is -1.49. The third-order valence-corrected chi connectivity index (χ3v) is 7.79. The lowest BCUT2D eigenvalue weighted by molar-refractivity contribution is -0.115. The Hall–Kier alpha value is -2.92. The quantitative estimate of drug-likeness (QED) is 0.605. The van der Waals surface area contributed by atoms with Crippen molar-refractivity contribution in [3.05, 3.63) is 46.3 Å². The van der Waals surface area contributed by atoms with Gasteiger partial charge in [-0.15, -0.1) is 11.3 Å². The lowest BCUT2D eigenvalue weighted by Gasteiger charge is -2.26. The molecule has 11 heteroatoms. The number of thiophene rings is 1. The Morgan fingerprint density at radius 3 is 2.56 bits per heavy atom. The molecule has 2 amide bonds. The molecule has 0 bridgehead atoms. The summed E-state index contributed by atoms with van der Waals surface area (Å²) >= 11 is 1.17. The molecular formula is C21H24N2O7S2. The molecule has 0 spiro atoms. The standard InChI is InChI=1S/C21H24N2O7S2/c1-3-30-21(26)23-11-9-15-16(13-23)31-19(18(15)20(25)29-2)22-17(24)10-12-32(27,28)14-7-5-4-6-8-14/h4-8H,3,9-13H2,1-2H3,(H,22,24). The van der Waals surface area contributed by atoms with Gasteiger partial charge < -0.3 is 19.7 Å². The summed E-state index contributed by atoms with van der Waals surface area (Å²) in [6.07, 6.45) is -0.300. The van der Waals surface area contributed by atoms with Crippen LogP contribution in [-0.4, -0.2) is 57.3 Å². The summed E-state index contributed by atoms with van der Waals surface area (Å²) in [6.45, 7) is 2.60. The predicted molar refractivity (Wildman–Crippen MR) is 119 cm³/mol. The number of carbonyl (C=O) groups is 3. The molecule has 0 saturated carbocycles. The Bertz CT molecular complexity index is 1110. The van der Waals surface area contributed by atoms with Gasteiger partial charge in [0.15, 0.2) is 9.84 Å². The normalized spacial score (nSPS) is 13.2. The van der Waals surface area contributed by atoms with E-state index in [9.17, 15) is 22.8 Å². The van der Waals surface area contributed by atoms with Crippen molar-refractivity contribution in [3.63, 3.8) is 0 Å². The molecule has 2 aromatic rings. The van der Waals surface area contributed by atoms with Gasteiger partial charge in [-0.25, -0.2) is 18.0 Å². The molecule has 172 valence electrons.